The molecule has 1 N–H and O–H groups in total. The normalized spacial score (nSPS) is 17.1. The Hall–Kier alpha value is -0.840. The molecule has 3 amide bonds. The molecule has 0 unspecified atom stereocenters. The molecule has 1 aromatic carbocycles. The number of benzene rings is 1. The second kappa shape index (κ2) is 5.65. The van der Waals surface area contributed by atoms with Crippen LogP contribution in [0.15, 0.2) is 17.8 Å². The Morgan fingerprint density at radius 3 is 2.26 bits per heavy atom. The zero-order valence-electron chi connectivity index (χ0n) is 10.2. The molecule has 0 spiro atoms. The molecule has 1 saturated heterocycles. The van der Waals surface area contributed by atoms with Gasteiger partial charge in [0.25, 0.3) is 5.91 Å². The van der Waals surface area contributed by atoms with Gasteiger partial charge in [0.05, 0.1) is 14.3 Å². The van der Waals surface area contributed by atoms with Gasteiger partial charge < -0.3 is 10.1 Å². The summed E-state index contributed by atoms with van der Waals surface area (Å²) in [5, 5.41) is 2.53. The maximum atomic E-state index is 11.8. The van der Waals surface area contributed by atoms with E-state index in [1.54, 1.807) is 13.2 Å². The minimum Gasteiger partial charge on any atom is -0.495 e. The molecule has 2 rings (SSSR count). The number of likely N-dealkylation sites (N-methyl/N-ethyl adjacent to an activating group) is 1. The largest absolute Gasteiger partial charge is 0.495 e. The van der Waals surface area contributed by atoms with Crippen molar-refractivity contribution in [3.05, 3.63) is 30.5 Å². The molecular weight excluding hydrogens is 474 g/mol. The summed E-state index contributed by atoms with van der Waals surface area (Å²) in [6.45, 7) is 0. The van der Waals surface area contributed by atoms with E-state index in [9.17, 15) is 9.59 Å². The minimum atomic E-state index is -0.408. The molecule has 7 heteroatoms. The van der Waals surface area contributed by atoms with Crippen LogP contribution in [0.3, 0.4) is 0 Å². The number of methoxy groups -OCH3 is 1. The predicted octanol–water partition coefficient (Wildman–Crippen LogP) is 2.43. The molecule has 1 aliphatic heterocycles. The van der Waals surface area contributed by atoms with Gasteiger partial charge in [0.15, 0.2) is 0 Å². The average Bonchev–Trinajstić information content (AvgIpc) is 2.57. The van der Waals surface area contributed by atoms with Crippen LogP contribution in [-0.4, -0.2) is 31.0 Å². The minimum absolute atomic E-state index is 0.282. The molecule has 0 radical (unpaired) electrons. The zero-order chi connectivity index (χ0) is 14.2. The number of ether oxygens (including phenoxy) is 1. The molecule has 0 aliphatic carbocycles. The molecule has 0 atom stereocenters. The molecule has 0 bridgehead atoms. The summed E-state index contributed by atoms with van der Waals surface area (Å²) >= 11 is 4.34. The number of halogens is 2. The molecule has 5 nitrogen and oxygen atoms in total. The number of hydrogen-bond acceptors (Lipinski definition) is 3. The van der Waals surface area contributed by atoms with Crippen molar-refractivity contribution in [1.29, 1.82) is 0 Å². The maximum absolute atomic E-state index is 11.8. The van der Waals surface area contributed by atoms with Gasteiger partial charge in [-0.25, -0.2) is 4.79 Å². The van der Waals surface area contributed by atoms with Gasteiger partial charge in [0.2, 0.25) is 0 Å². The Bertz CT molecular complexity index is 576. The number of carbonyl (C=O) groups excluding carboxylic acids is 2. The smallest absolute Gasteiger partial charge is 0.328 e. The third-order valence-corrected chi connectivity index (χ3v) is 4.22. The molecule has 19 heavy (non-hydrogen) atoms. The lowest BCUT2D eigenvalue weighted by molar-refractivity contribution is -0.121. The van der Waals surface area contributed by atoms with Crippen LogP contribution >= 0.6 is 45.2 Å². The molecule has 1 heterocycles. The van der Waals surface area contributed by atoms with E-state index in [-0.39, 0.29) is 11.6 Å². The van der Waals surface area contributed by atoms with Gasteiger partial charge in [-0.05, 0) is 69.0 Å². The Labute approximate surface area is 137 Å². The highest BCUT2D eigenvalue weighted by Crippen LogP contribution is 2.29. The van der Waals surface area contributed by atoms with Crippen molar-refractivity contribution in [1.82, 2.24) is 10.2 Å². The number of carbonyl (C=O) groups is 2. The topological polar surface area (TPSA) is 58.6 Å². The van der Waals surface area contributed by atoms with Crippen LogP contribution in [-0.2, 0) is 4.79 Å². The number of nitrogens with one attached hydrogen (secondary N) is 1. The Balaban J connectivity index is 2.40. The van der Waals surface area contributed by atoms with Crippen molar-refractivity contribution >= 4 is 63.2 Å². The van der Waals surface area contributed by atoms with Crippen molar-refractivity contribution in [3.8, 4) is 5.75 Å². The molecular formula is C12H10I2N2O3. The summed E-state index contributed by atoms with van der Waals surface area (Å²) in [5.74, 6) is 0.480. The fraction of sp³-hybridized carbons (Fsp3) is 0.167. The van der Waals surface area contributed by atoms with Crippen LogP contribution in [0.25, 0.3) is 6.08 Å². The Morgan fingerprint density at radius 1 is 1.26 bits per heavy atom. The van der Waals surface area contributed by atoms with Crippen LogP contribution in [0, 0.1) is 7.14 Å². The highest BCUT2D eigenvalue weighted by molar-refractivity contribution is 14.1. The third-order valence-electron chi connectivity index (χ3n) is 2.62. The summed E-state index contributed by atoms with van der Waals surface area (Å²) in [6, 6.07) is 3.38. The van der Waals surface area contributed by atoms with Gasteiger partial charge in [-0.3, -0.25) is 9.69 Å². The van der Waals surface area contributed by atoms with Crippen molar-refractivity contribution in [3.63, 3.8) is 0 Å². The highest BCUT2D eigenvalue weighted by Gasteiger charge is 2.29. The SMILES string of the molecule is COc1c(I)cc(/C=C2/NC(=O)N(C)C2=O)cc1I. The van der Waals surface area contributed by atoms with Gasteiger partial charge in [-0.2, -0.15) is 0 Å². The summed E-state index contributed by atoms with van der Waals surface area (Å²) in [4.78, 5) is 24.2. The molecule has 100 valence electrons. The fourth-order valence-electron chi connectivity index (χ4n) is 1.65. The summed E-state index contributed by atoms with van der Waals surface area (Å²) in [5.41, 5.74) is 1.12. The number of amides is 3. The second-order valence-electron chi connectivity index (χ2n) is 3.87. The summed E-state index contributed by atoms with van der Waals surface area (Å²) < 4.78 is 7.17. The lowest BCUT2D eigenvalue weighted by Gasteiger charge is -2.07. The fourth-order valence-corrected chi connectivity index (χ4v) is 3.90. The van der Waals surface area contributed by atoms with Gasteiger partial charge >= 0.3 is 6.03 Å². The predicted molar refractivity (Wildman–Crippen MR) is 87.7 cm³/mol. The number of urea groups is 1. The number of nitrogens with zero attached hydrogens (tertiary/aromatic N) is 1. The van der Waals surface area contributed by atoms with Crippen LogP contribution in [0.2, 0.25) is 0 Å². The van der Waals surface area contributed by atoms with E-state index in [2.05, 4.69) is 50.5 Å². The van der Waals surface area contributed by atoms with Gasteiger partial charge in [-0.1, -0.05) is 0 Å². The Kier molecular flexibility index (Phi) is 4.33. The molecule has 1 aromatic rings. The van der Waals surface area contributed by atoms with Crippen molar-refractivity contribution < 1.29 is 14.3 Å². The summed E-state index contributed by atoms with van der Waals surface area (Å²) in [6.07, 6.45) is 1.66. The third kappa shape index (κ3) is 2.86. The first-order valence-corrected chi connectivity index (χ1v) is 7.43. The zero-order valence-corrected chi connectivity index (χ0v) is 14.5. The Morgan fingerprint density at radius 2 is 1.84 bits per heavy atom. The number of imide groups is 1. The first-order chi connectivity index (χ1) is 8.93. The first-order valence-electron chi connectivity index (χ1n) is 5.28. The molecule has 0 saturated carbocycles. The van der Waals surface area contributed by atoms with E-state index in [1.807, 2.05) is 12.1 Å². The van der Waals surface area contributed by atoms with Gasteiger partial charge in [0.1, 0.15) is 11.4 Å². The van der Waals surface area contributed by atoms with Crippen molar-refractivity contribution in [2.75, 3.05) is 14.2 Å². The van der Waals surface area contributed by atoms with Gasteiger partial charge in [-0.15, -0.1) is 0 Å². The van der Waals surface area contributed by atoms with Crippen LogP contribution in [0.1, 0.15) is 5.56 Å². The van der Waals surface area contributed by atoms with E-state index in [0.29, 0.717) is 0 Å². The van der Waals surface area contributed by atoms with E-state index < -0.39 is 6.03 Å². The average molecular weight is 484 g/mol. The lowest BCUT2D eigenvalue weighted by Crippen LogP contribution is -2.25. The van der Waals surface area contributed by atoms with Crippen LogP contribution in [0.4, 0.5) is 4.79 Å². The van der Waals surface area contributed by atoms with Gasteiger partial charge in [0, 0.05) is 7.05 Å². The quantitative estimate of drug-likeness (QED) is 0.399. The molecule has 1 fully saturated rings. The summed E-state index contributed by atoms with van der Waals surface area (Å²) in [7, 11) is 3.06. The van der Waals surface area contributed by atoms with Crippen LogP contribution in [0.5, 0.6) is 5.75 Å². The van der Waals surface area contributed by atoms with E-state index in [1.165, 1.54) is 7.05 Å². The second-order valence-corrected chi connectivity index (χ2v) is 6.19. The van der Waals surface area contributed by atoms with E-state index >= 15 is 0 Å². The number of rotatable bonds is 2. The van der Waals surface area contributed by atoms with Crippen LogP contribution < -0.4 is 10.1 Å². The van der Waals surface area contributed by atoms with Crippen molar-refractivity contribution in [2.45, 2.75) is 0 Å². The monoisotopic (exact) mass is 484 g/mol. The standard InChI is InChI=1S/C12H10I2N2O3/c1-16-11(17)9(15-12(16)18)5-6-3-7(13)10(19-2)8(14)4-6/h3-5H,1-2H3,(H,15,18)/b9-5+. The van der Waals surface area contributed by atoms with Crippen molar-refractivity contribution in [2.24, 2.45) is 0 Å². The first kappa shape index (κ1) is 14.6. The van der Waals surface area contributed by atoms with E-state index in [0.717, 1.165) is 23.4 Å². The molecule has 1 aliphatic rings. The maximum Gasteiger partial charge on any atom is 0.328 e. The van der Waals surface area contributed by atoms with E-state index in [4.69, 9.17) is 4.74 Å². The lowest BCUT2D eigenvalue weighted by atomic mass is 10.2. The highest BCUT2D eigenvalue weighted by atomic mass is 127. The number of hydrogen-bond donors (Lipinski definition) is 1. The molecule has 0 aromatic heterocycles.